The first-order valence-electron chi connectivity index (χ1n) is 5.83. The highest BCUT2D eigenvalue weighted by Crippen LogP contribution is 2.21. The van der Waals surface area contributed by atoms with E-state index in [4.69, 9.17) is 16.7 Å². The zero-order chi connectivity index (χ0) is 16.3. The second kappa shape index (κ2) is 6.97. The molecule has 0 spiro atoms. The van der Waals surface area contributed by atoms with Crippen LogP contribution in [0.15, 0.2) is 23.1 Å². The van der Waals surface area contributed by atoms with Crippen molar-refractivity contribution in [2.75, 3.05) is 18.6 Å². The Morgan fingerprint density at radius 2 is 2.10 bits per heavy atom. The van der Waals surface area contributed by atoms with Crippen LogP contribution in [0.2, 0.25) is 5.02 Å². The molecule has 1 rings (SSSR count). The molecular weight excluding hydrogens is 338 g/mol. The maximum Gasteiger partial charge on any atom is 0.337 e. The third-order valence-electron chi connectivity index (χ3n) is 2.58. The molecule has 6 nitrogen and oxygen atoms in total. The van der Waals surface area contributed by atoms with Crippen molar-refractivity contribution in [2.45, 2.75) is 17.4 Å². The molecule has 0 aliphatic carbocycles. The van der Waals surface area contributed by atoms with Crippen LogP contribution >= 0.6 is 23.4 Å². The van der Waals surface area contributed by atoms with Crippen LogP contribution in [-0.2, 0) is 10.0 Å². The zero-order valence-electron chi connectivity index (χ0n) is 11.5. The molecule has 0 saturated carbocycles. The number of aliphatic hydroxyl groups is 1. The van der Waals surface area contributed by atoms with Gasteiger partial charge in [0.05, 0.1) is 21.1 Å². The van der Waals surface area contributed by atoms with Crippen molar-refractivity contribution in [3.63, 3.8) is 0 Å². The Labute approximate surface area is 132 Å². The largest absolute Gasteiger partial charge is 0.478 e. The number of hydrogen-bond donors (Lipinski definition) is 3. The van der Waals surface area contributed by atoms with Crippen LogP contribution in [0.25, 0.3) is 0 Å². The third-order valence-corrected chi connectivity index (χ3v) is 5.22. The summed E-state index contributed by atoms with van der Waals surface area (Å²) in [5, 5.41) is 18.8. The molecule has 21 heavy (non-hydrogen) atoms. The number of carboxylic acid groups (broad SMARTS) is 1. The van der Waals surface area contributed by atoms with Crippen LogP contribution in [0.4, 0.5) is 0 Å². The zero-order valence-corrected chi connectivity index (χ0v) is 13.8. The molecule has 0 aliphatic heterocycles. The van der Waals surface area contributed by atoms with Gasteiger partial charge in [-0.3, -0.25) is 0 Å². The first-order valence-corrected chi connectivity index (χ1v) is 9.08. The molecule has 0 heterocycles. The van der Waals surface area contributed by atoms with Crippen LogP contribution < -0.4 is 4.72 Å². The molecule has 0 radical (unpaired) electrons. The van der Waals surface area contributed by atoms with E-state index in [-0.39, 0.29) is 22.0 Å². The predicted octanol–water partition coefficient (Wildman–Crippen LogP) is 1.43. The molecular formula is C12H16ClNO5S2. The summed E-state index contributed by atoms with van der Waals surface area (Å²) >= 11 is 7.08. The standard InChI is InChI=1S/C12H16ClNO5S2/c1-12(17,7-20-2)6-14-21(18,19)8-3-4-10(13)9(5-8)11(15)16/h3-5,14,17H,6-7H2,1-2H3,(H,15,16). The molecule has 0 bridgehead atoms. The third kappa shape index (κ3) is 5.15. The van der Waals surface area contributed by atoms with E-state index in [0.29, 0.717) is 5.75 Å². The van der Waals surface area contributed by atoms with E-state index in [0.717, 1.165) is 6.07 Å². The van der Waals surface area contributed by atoms with Crippen LogP contribution in [-0.4, -0.2) is 48.8 Å². The number of carbonyl (C=O) groups is 1. The number of benzene rings is 1. The average molecular weight is 354 g/mol. The Morgan fingerprint density at radius 3 is 2.62 bits per heavy atom. The summed E-state index contributed by atoms with van der Waals surface area (Å²) in [6, 6.07) is 3.40. The van der Waals surface area contributed by atoms with Gasteiger partial charge in [0, 0.05) is 12.3 Å². The van der Waals surface area contributed by atoms with E-state index in [1.807, 2.05) is 0 Å². The molecule has 0 aromatic heterocycles. The monoisotopic (exact) mass is 353 g/mol. The number of hydrogen-bond acceptors (Lipinski definition) is 5. The van der Waals surface area contributed by atoms with Crippen molar-refractivity contribution in [1.82, 2.24) is 4.72 Å². The van der Waals surface area contributed by atoms with E-state index in [1.165, 1.54) is 30.8 Å². The number of nitrogens with one attached hydrogen (secondary N) is 1. The summed E-state index contributed by atoms with van der Waals surface area (Å²) < 4.78 is 26.5. The lowest BCUT2D eigenvalue weighted by atomic mass is 10.1. The van der Waals surface area contributed by atoms with Gasteiger partial charge in [-0.1, -0.05) is 11.6 Å². The number of rotatable bonds is 7. The van der Waals surface area contributed by atoms with Crippen molar-refractivity contribution < 1.29 is 23.4 Å². The van der Waals surface area contributed by atoms with E-state index >= 15 is 0 Å². The first kappa shape index (κ1) is 18.2. The molecule has 1 atom stereocenters. The van der Waals surface area contributed by atoms with Gasteiger partial charge in [0.15, 0.2) is 0 Å². The van der Waals surface area contributed by atoms with Gasteiger partial charge >= 0.3 is 5.97 Å². The van der Waals surface area contributed by atoms with E-state index < -0.39 is 21.6 Å². The van der Waals surface area contributed by atoms with Crippen molar-refractivity contribution in [3.8, 4) is 0 Å². The molecule has 1 aromatic carbocycles. The summed E-state index contributed by atoms with van der Waals surface area (Å²) in [5.41, 5.74) is -1.50. The van der Waals surface area contributed by atoms with Crippen molar-refractivity contribution in [3.05, 3.63) is 28.8 Å². The van der Waals surface area contributed by atoms with Crippen molar-refractivity contribution in [2.24, 2.45) is 0 Å². The van der Waals surface area contributed by atoms with Crippen LogP contribution in [0, 0.1) is 0 Å². The maximum absolute atomic E-state index is 12.1. The fourth-order valence-corrected chi connectivity index (χ4v) is 3.64. The Bertz CT molecular complexity index is 631. The number of sulfonamides is 1. The fourth-order valence-electron chi connectivity index (χ4n) is 1.53. The van der Waals surface area contributed by atoms with Gasteiger partial charge in [-0.05, 0) is 31.4 Å². The number of halogens is 1. The summed E-state index contributed by atoms with van der Waals surface area (Å²) in [6.07, 6.45) is 1.79. The Hall–Kier alpha value is -0.800. The predicted molar refractivity (Wildman–Crippen MR) is 82.6 cm³/mol. The second-order valence-electron chi connectivity index (χ2n) is 4.70. The highest BCUT2D eigenvalue weighted by molar-refractivity contribution is 7.98. The lowest BCUT2D eigenvalue weighted by Gasteiger charge is -2.22. The van der Waals surface area contributed by atoms with Gasteiger partial charge in [-0.25, -0.2) is 17.9 Å². The van der Waals surface area contributed by atoms with E-state index in [2.05, 4.69) is 4.72 Å². The lowest BCUT2D eigenvalue weighted by Crippen LogP contribution is -2.42. The molecule has 0 saturated heterocycles. The lowest BCUT2D eigenvalue weighted by molar-refractivity contribution is 0.0696. The number of thioether (sulfide) groups is 1. The van der Waals surface area contributed by atoms with Gasteiger partial charge in [0.2, 0.25) is 10.0 Å². The molecule has 0 amide bonds. The van der Waals surface area contributed by atoms with Crippen LogP contribution in [0.1, 0.15) is 17.3 Å². The number of aromatic carboxylic acids is 1. The van der Waals surface area contributed by atoms with Crippen LogP contribution in [0.3, 0.4) is 0 Å². The molecule has 1 unspecified atom stereocenters. The first-order chi connectivity index (χ1) is 9.59. The summed E-state index contributed by atoms with van der Waals surface area (Å²) in [6.45, 7) is 1.33. The van der Waals surface area contributed by atoms with Crippen LogP contribution in [0.5, 0.6) is 0 Å². The van der Waals surface area contributed by atoms with E-state index in [1.54, 1.807) is 6.26 Å². The van der Waals surface area contributed by atoms with Crippen molar-refractivity contribution >= 4 is 39.4 Å². The van der Waals surface area contributed by atoms with Gasteiger partial charge in [0.1, 0.15) is 0 Å². The topological polar surface area (TPSA) is 104 Å². The van der Waals surface area contributed by atoms with Gasteiger partial charge in [-0.2, -0.15) is 11.8 Å². The molecule has 9 heteroatoms. The molecule has 0 aliphatic rings. The normalized spacial score (nSPS) is 14.7. The minimum atomic E-state index is -3.93. The minimum Gasteiger partial charge on any atom is -0.478 e. The quantitative estimate of drug-likeness (QED) is 0.685. The Balaban J connectivity index is 2.99. The number of carboxylic acids is 1. The molecule has 3 N–H and O–H groups in total. The molecule has 0 fully saturated rings. The van der Waals surface area contributed by atoms with Gasteiger partial charge < -0.3 is 10.2 Å². The van der Waals surface area contributed by atoms with Crippen molar-refractivity contribution in [1.29, 1.82) is 0 Å². The molecule has 118 valence electrons. The average Bonchev–Trinajstić information content (AvgIpc) is 2.36. The molecule has 1 aromatic rings. The second-order valence-corrected chi connectivity index (χ2v) is 7.74. The minimum absolute atomic E-state index is 0.0455. The SMILES string of the molecule is CSCC(C)(O)CNS(=O)(=O)c1ccc(Cl)c(C(=O)O)c1. The van der Waals surface area contributed by atoms with Gasteiger partial charge in [-0.15, -0.1) is 0 Å². The Morgan fingerprint density at radius 1 is 1.48 bits per heavy atom. The highest BCUT2D eigenvalue weighted by Gasteiger charge is 2.24. The highest BCUT2D eigenvalue weighted by atomic mass is 35.5. The smallest absolute Gasteiger partial charge is 0.337 e. The van der Waals surface area contributed by atoms with Gasteiger partial charge in [0.25, 0.3) is 0 Å². The summed E-state index contributed by atoms with van der Waals surface area (Å²) in [4.78, 5) is 10.7. The summed E-state index contributed by atoms with van der Waals surface area (Å²) in [7, 11) is -3.93. The van der Waals surface area contributed by atoms with E-state index in [9.17, 15) is 18.3 Å². The summed E-state index contributed by atoms with van der Waals surface area (Å²) in [5.74, 6) is -0.956. The Kier molecular flexibility index (Phi) is 6.06. The fraction of sp³-hybridized carbons (Fsp3) is 0.417. The maximum atomic E-state index is 12.1.